The van der Waals surface area contributed by atoms with Gasteiger partial charge in [0.2, 0.25) is 0 Å². The van der Waals surface area contributed by atoms with Crippen molar-refractivity contribution < 1.29 is 17.1 Å². The quantitative estimate of drug-likeness (QED) is 0.0807. The molecule has 0 saturated heterocycles. The summed E-state index contributed by atoms with van der Waals surface area (Å²) in [5, 5.41) is 6.58. The molecule has 0 unspecified atom stereocenters. The minimum Gasteiger partial charge on any atom is -0.748 e. The fourth-order valence-corrected chi connectivity index (χ4v) is 14.2. The summed E-state index contributed by atoms with van der Waals surface area (Å²) < 4.78 is 0. The zero-order valence-corrected chi connectivity index (χ0v) is 27.8. The van der Waals surface area contributed by atoms with E-state index < -0.39 is 8.07 Å². The molecule has 0 aromatic heterocycles. The van der Waals surface area contributed by atoms with Crippen LogP contribution in [0.2, 0.25) is 0 Å². The molecule has 3 heteroatoms. The maximum absolute atomic E-state index is 2.38. The van der Waals surface area contributed by atoms with Crippen LogP contribution >= 0.6 is 7.92 Å². The van der Waals surface area contributed by atoms with Gasteiger partial charge in [0.1, 0.15) is 0 Å². The largest absolute Gasteiger partial charge is 0.748 e. The summed E-state index contributed by atoms with van der Waals surface area (Å²) in [6.45, 7) is 14.3. The van der Waals surface area contributed by atoms with E-state index in [9.17, 15) is 0 Å². The Balaban J connectivity index is 0.000000240. The van der Waals surface area contributed by atoms with Gasteiger partial charge >= 0.3 is 0 Å². The SMILES string of the molecule is CC(C)(C)P(C[c-]1cccc1)C(C)(C)C.[Fe].c1ccc([Si](c2ccccc2)(c2ccccc2)[c-]2[cH-][cH-][cH-][cH-]2)cc1. The van der Waals surface area contributed by atoms with Crippen molar-refractivity contribution in [3.8, 4) is 0 Å². The van der Waals surface area contributed by atoms with E-state index in [0.717, 1.165) is 0 Å². The molecule has 0 saturated carbocycles. The first-order valence-electron chi connectivity index (χ1n) is 14.0. The van der Waals surface area contributed by atoms with Gasteiger partial charge in [0, 0.05) is 17.1 Å². The fourth-order valence-electron chi connectivity index (χ4n) is 5.87. The van der Waals surface area contributed by atoms with Gasteiger partial charge < -0.3 is 29.5 Å². The van der Waals surface area contributed by atoms with Crippen LogP contribution in [0, 0.1) is 0 Å². The van der Waals surface area contributed by atoms with Crippen molar-refractivity contribution in [1.82, 2.24) is 0 Å². The number of hydrogen-bond donors (Lipinski definition) is 0. The molecule has 0 bridgehead atoms. The fraction of sp³-hybridized carbons (Fsp3) is 0.243. The molecule has 0 aliphatic rings. The molecule has 0 radical (unpaired) electrons. The van der Waals surface area contributed by atoms with Crippen molar-refractivity contribution in [1.29, 1.82) is 0 Å². The van der Waals surface area contributed by atoms with Gasteiger partial charge in [0.05, 0.1) is 0 Å². The molecule has 5 aromatic rings. The van der Waals surface area contributed by atoms with Crippen LogP contribution in [0.5, 0.6) is 0 Å². The molecule has 214 valence electrons. The molecule has 0 heterocycles. The molecule has 0 fully saturated rings. The second-order valence-electron chi connectivity index (χ2n) is 12.2. The van der Waals surface area contributed by atoms with Crippen LogP contribution in [0.15, 0.2) is 140 Å². The van der Waals surface area contributed by atoms with Crippen molar-refractivity contribution in [3.63, 3.8) is 0 Å². The summed E-state index contributed by atoms with van der Waals surface area (Å²) in [6, 6.07) is 50.7. The van der Waals surface area contributed by atoms with E-state index in [-0.39, 0.29) is 25.0 Å². The minimum absolute atomic E-state index is 0. The van der Waals surface area contributed by atoms with Crippen LogP contribution in [0.25, 0.3) is 0 Å². The number of rotatable bonds is 6. The van der Waals surface area contributed by atoms with Gasteiger partial charge in [-0.1, -0.05) is 154 Å². The van der Waals surface area contributed by atoms with Crippen LogP contribution < -0.4 is 20.7 Å². The van der Waals surface area contributed by atoms with Crippen molar-refractivity contribution in [2.75, 3.05) is 0 Å². The van der Waals surface area contributed by atoms with Crippen molar-refractivity contribution >= 4 is 36.7 Å². The first-order chi connectivity index (χ1) is 18.6. The molecule has 0 N–H and O–H groups in total. The predicted octanol–water partition coefficient (Wildman–Crippen LogP) is 7.76. The Morgan fingerprint density at radius 2 is 0.925 bits per heavy atom. The monoisotopic (exact) mass is 602 g/mol. The van der Waals surface area contributed by atoms with Gasteiger partial charge in [-0.05, 0) is 18.4 Å². The van der Waals surface area contributed by atoms with Crippen LogP contribution in [-0.2, 0) is 23.2 Å². The van der Waals surface area contributed by atoms with Crippen LogP contribution in [0.3, 0.4) is 0 Å². The standard InChI is InChI=1S/C23H19Si.C14H24P.Fe/c1-4-12-20(13-5-1)24(23-18-10-11-19-23,21-14-6-2-7-15-21)22-16-8-3-9-17-22;1-13(2,3)15(14(4,5)6)11-12-9-7-8-10-12;/h1-19H;7-10H,11H2,1-6H3;/q-5;-1;. The third kappa shape index (κ3) is 7.42. The van der Waals surface area contributed by atoms with Crippen LogP contribution in [0.1, 0.15) is 47.1 Å². The van der Waals surface area contributed by atoms with E-state index in [4.69, 9.17) is 0 Å². The number of hydrogen-bond acceptors (Lipinski definition) is 0. The van der Waals surface area contributed by atoms with E-state index in [1.165, 1.54) is 32.5 Å². The summed E-state index contributed by atoms with van der Waals surface area (Å²) in [7, 11) is -2.24. The number of benzene rings is 3. The second kappa shape index (κ2) is 13.9. The van der Waals surface area contributed by atoms with E-state index in [0.29, 0.717) is 10.3 Å². The molecule has 0 spiro atoms. The molecule has 0 nitrogen and oxygen atoms in total. The Kier molecular flexibility index (Phi) is 11.2. The van der Waals surface area contributed by atoms with Gasteiger partial charge in [-0.25, -0.2) is 12.1 Å². The van der Waals surface area contributed by atoms with E-state index in [1.54, 1.807) is 0 Å². The average molecular weight is 603 g/mol. The molecule has 5 rings (SSSR count). The van der Waals surface area contributed by atoms with Gasteiger partial charge in [-0.2, -0.15) is 17.7 Å². The topological polar surface area (TPSA) is 0 Å². The van der Waals surface area contributed by atoms with Gasteiger partial charge in [-0.15, -0.1) is 7.92 Å². The van der Waals surface area contributed by atoms with Gasteiger partial charge in [0.15, 0.2) is 0 Å². The van der Waals surface area contributed by atoms with Gasteiger partial charge in [0.25, 0.3) is 0 Å². The summed E-state index contributed by atoms with van der Waals surface area (Å²) >= 11 is 0. The maximum Gasteiger partial charge on any atom is 0 e. The zero-order valence-electron chi connectivity index (χ0n) is 24.8. The Hall–Kier alpha value is -2.47. The van der Waals surface area contributed by atoms with E-state index in [2.05, 4.69) is 181 Å². The molecular weight excluding hydrogens is 559 g/mol. The Morgan fingerprint density at radius 3 is 1.25 bits per heavy atom. The molecule has 0 aliphatic heterocycles. The Bertz CT molecular complexity index is 1250. The smallest absolute Gasteiger partial charge is 0 e. The predicted molar refractivity (Wildman–Crippen MR) is 178 cm³/mol. The average Bonchev–Trinajstić information content (AvgIpc) is 3.64. The third-order valence-corrected chi connectivity index (χ3v) is 16.1. The molecule has 0 atom stereocenters. The third-order valence-electron chi connectivity index (χ3n) is 7.41. The summed E-state index contributed by atoms with van der Waals surface area (Å²) in [5.41, 5.74) is 1.51. The van der Waals surface area contributed by atoms with E-state index >= 15 is 0 Å². The zero-order chi connectivity index (χ0) is 27.9. The summed E-state index contributed by atoms with van der Waals surface area (Å²) in [5.74, 6) is 0. The second-order valence-corrected chi connectivity index (χ2v) is 19.9. The van der Waals surface area contributed by atoms with Crippen molar-refractivity contribution in [3.05, 3.63) is 145 Å². The molecule has 0 amide bonds. The van der Waals surface area contributed by atoms with Crippen molar-refractivity contribution in [2.24, 2.45) is 0 Å². The Labute approximate surface area is 255 Å². The van der Waals surface area contributed by atoms with Gasteiger partial charge in [-0.3, -0.25) is 0 Å². The molecule has 5 aromatic carbocycles. The van der Waals surface area contributed by atoms with Crippen molar-refractivity contribution in [2.45, 2.75) is 58.0 Å². The van der Waals surface area contributed by atoms with Crippen LogP contribution in [0.4, 0.5) is 0 Å². The normalized spacial score (nSPS) is 11.9. The molecule has 0 aliphatic carbocycles. The maximum atomic E-state index is 2.38. The molecular formula is C37H43FePSi-6. The molecule has 40 heavy (non-hydrogen) atoms. The Morgan fingerprint density at radius 1 is 0.575 bits per heavy atom. The summed E-state index contributed by atoms with van der Waals surface area (Å²) in [6.07, 6.45) is 1.26. The summed E-state index contributed by atoms with van der Waals surface area (Å²) in [4.78, 5) is 0. The van der Waals surface area contributed by atoms with Crippen LogP contribution in [-0.4, -0.2) is 18.4 Å². The first-order valence-corrected chi connectivity index (χ1v) is 17.5. The van der Waals surface area contributed by atoms with E-state index in [1.807, 2.05) is 0 Å². The first kappa shape index (κ1) is 32.0. The minimum atomic E-state index is -2.25.